The second-order valence-corrected chi connectivity index (χ2v) is 11.1. The summed E-state index contributed by atoms with van der Waals surface area (Å²) in [6.45, 7) is 2.24. The van der Waals surface area contributed by atoms with Gasteiger partial charge in [0.15, 0.2) is 16.9 Å². The second-order valence-electron chi connectivity index (χ2n) is 9.07. The summed E-state index contributed by atoms with van der Waals surface area (Å²) in [5.74, 6) is -5.29. The monoisotopic (exact) mass is 674 g/mol. The van der Waals surface area contributed by atoms with E-state index < -0.39 is 75.1 Å². The number of amides is 3. The van der Waals surface area contributed by atoms with Crippen molar-refractivity contribution >= 4 is 80.4 Å². The molecular formula is C23H23ClN6O12S2. The molecular weight excluding hydrogens is 652 g/mol. The van der Waals surface area contributed by atoms with Crippen LogP contribution in [0, 0.1) is 10.1 Å². The highest BCUT2D eigenvalue weighted by molar-refractivity contribution is 7.77. The number of rotatable bonds is 13. The highest BCUT2D eigenvalue weighted by Gasteiger charge is 2.56. The molecule has 1 saturated heterocycles. The van der Waals surface area contributed by atoms with Crippen molar-refractivity contribution in [3.8, 4) is 0 Å². The molecule has 0 saturated carbocycles. The number of hydrogen-bond donors (Lipinski definition) is 3. The average molecular weight is 675 g/mol. The smallest absolute Gasteiger partial charge is 0.353 e. The highest BCUT2D eigenvalue weighted by Crippen LogP contribution is 2.24. The quantitative estimate of drug-likeness (QED) is 0.0498. The van der Waals surface area contributed by atoms with Gasteiger partial charge in [0.25, 0.3) is 28.8 Å². The predicted molar refractivity (Wildman–Crippen MR) is 151 cm³/mol. The van der Waals surface area contributed by atoms with E-state index in [-0.39, 0.29) is 27.4 Å². The fraction of sp³-hybridized carbons (Fsp3) is 0.348. The van der Waals surface area contributed by atoms with Gasteiger partial charge >= 0.3 is 11.9 Å². The lowest BCUT2D eigenvalue weighted by Crippen LogP contribution is -2.74. The Morgan fingerprint density at radius 2 is 1.93 bits per heavy atom. The average Bonchev–Trinajstić information content (AvgIpc) is 3.44. The fourth-order valence-corrected chi connectivity index (χ4v) is 4.82. The van der Waals surface area contributed by atoms with Crippen LogP contribution in [0.15, 0.2) is 34.8 Å². The van der Waals surface area contributed by atoms with Gasteiger partial charge in [-0.3, -0.25) is 29.1 Å². The molecule has 0 spiro atoms. The molecule has 3 N–H and O–H groups in total. The number of nitrogens with one attached hydrogen (secondary N) is 2. The number of nitrogens with zero attached hydrogens (tertiary/aromatic N) is 4. The second kappa shape index (κ2) is 14.3. The van der Waals surface area contributed by atoms with E-state index in [9.17, 15) is 42.8 Å². The molecule has 1 aromatic carbocycles. The Bertz CT molecular complexity index is 1530. The lowest BCUT2D eigenvalue weighted by molar-refractivity contribution is -0.384. The maximum absolute atomic E-state index is 13.3. The van der Waals surface area contributed by atoms with Crippen LogP contribution in [0.3, 0.4) is 0 Å². The van der Waals surface area contributed by atoms with Gasteiger partial charge in [-0.2, -0.15) is 0 Å². The molecule has 1 aromatic heterocycles. The topological polar surface area (TPSA) is 246 Å². The zero-order valence-electron chi connectivity index (χ0n) is 22.9. The maximum Gasteiger partial charge on any atom is 0.353 e. The zero-order valence-corrected chi connectivity index (χ0v) is 25.3. The molecule has 0 bridgehead atoms. The van der Waals surface area contributed by atoms with Crippen LogP contribution in [0.2, 0.25) is 0 Å². The molecule has 3 unspecified atom stereocenters. The van der Waals surface area contributed by atoms with E-state index in [1.54, 1.807) is 0 Å². The third-order valence-corrected chi connectivity index (χ3v) is 7.40. The number of thiazole rings is 1. The minimum Gasteiger partial charge on any atom is -0.467 e. The summed E-state index contributed by atoms with van der Waals surface area (Å²) in [6, 6.07) is 1.95. The van der Waals surface area contributed by atoms with Crippen LogP contribution in [-0.4, -0.2) is 89.0 Å². The molecule has 1 fully saturated rings. The summed E-state index contributed by atoms with van der Waals surface area (Å²) in [5, 5.41) is 20.4. The van der Waals surface area contributed by atoms with Crippen molar-refractivity contribution in [3.63, 3.8) is 0 Å². The van der Waals surface area contributed by atoms with Crippen LogP contribution in [0.25, 0.3) is 0 Å². The zero-order chi connectivity index (χ0) is 32.8. The molecule has 1 aliphatic rings. The van der Waals surface area contributed by atoms with Crippen LogP contribution in [0.1, 0.15) is 25.1 Å². The largest absolute Gasteiger partial charge is 0.467 e. The summed E-state index contributed by atoms with van der Waals surface area (Å²) in [6.07, 6.45) is 0. The molecule has 3 amide bonds. The molecule has 3 rings (SSSR count). The Morgan fingerprint density at radius 3 is 2.50 bits per heavy atom. The van der Waals surface area contributed by atoms with Gasteiger partial charge in [0.1, 0.15) is 24.2 Å². The molecule has 18 nitrogen and oxygen atoms in total. The molecule has 1 aliphatic heterocycles. The number of aromatic nitrogens is 1. The lowest BCUT2D eigenvalue weighted by Gasteiger charge is -2.41. The predicted octanol–water partition coefficient (Wildman–Crippen LogP) is 0.477. The van der Waals surface area contributed by atoms with Gasteiger partial charge in [0.2, 0.25) is 11.5 Å². The number of methoxy groups -OCH3 is 1. The van der Waals surface area contributed by atoms with Crippen molar-refractivity contribution in [2.24, 2.45) is 5.16 Å². The first-order chi connectivity index (χ1) is 20.7. The van der Waals surface area contributed by atoms with Crippen LogP contribution in [0.4, 0.5) is 10.8 Å². The van der Waals surface area contributed by atoms with Crippen molar-refractivity contribution in [2.75, 3.05) is 18.3 Å². The Morgan fingerprint density at radius 1 is 1.27 bits per heavy atom. The summed E-state index contributed by atoms with van der Waals surface area (Å²) >= 11 is 3.45. The first kappa shape index (κ1) is 34.0. The summed E-state index contributed by atoms with van der Waals surface area (Å²) < 4.78 is 30.9. The number of alkyl halides is 1. The molecule has 2 aromatic rings. The van der Waals surface area contributed by atoms with Crippen LogP contribution in [-0.2, 0) is 56.2 Å². The number of anilines is 1. The highest BCUT2D eigenvalue weighted by atomic mass is 35.5. The fourth-order valence-electron chi connectivity index (χ4n) is 3.37. The minimum absolute atomic E-state index is 0.00179. The van der Waals surface area contributed by atoms with Gasteiger partial charge < -0.3 is 24.9 Å². The Hall–Kier alpha value is -4.53. The van der Waals surface area contributed by atoms with Crippen molar-refractivity contribution in [3.05, 3.63) is 51.0 Å². The SMILES string of the molecule is COC(=O)C1C(NC(=O)C(=NOC(C)(C)C(=O)OCc2ccc([N+](=O)[O-])cc2)c2csc(NC(=O)CCl)n2)C(=O)N1S(=O)O. The number of hydrogen-bond acceptors (Lipinski definition) is 14. The van der Waals surface area contributed by atoms with Gasteiger partial charge in [0.05, 0.1) is 12.0 Å². The maximum atomic E-state index is 13.3. The van der Waals surface area contributed by atoms with Crippen LogP contribution in [0.5, 0.6) is 0 Å². The van der Waals surface area contributed by atoms with E-state index in [1.807, 2.05) is 0 Å². The Balaban J connectivity index is 1.83. The molecule has 0 radical (unpaired) electrons. The number of nitro benzene ring substituents is 1. The van der Waals surface area contributed by atoms with Crippen molar-refractivity contribution in [2.45, 2.75) is 38.1 Å². The summed E-state index contributed by atoms with van der Waals surface area (Å²) in [4.78, 5) is 81.9. The number of halogens is 1. The molecule has 3 atom stereocenters. The number of non-ortho nitro benzene ring substituents is 1. The first-order valence-corrected chi connectivity index (χ1v) is 14.5. The van der Waals surface area contributed by atoms with E-state index in [0.29, 0.717) is 5.56 Å². The molecule has 0 aliphatic carbocycles. The third-order valence-electron chi connectivity index (χ3n) is 5.65. The number of nitro groups is 1. The van der Waals surface area contributed by atoms with Gasteiger partial charge in [-0.1, -0.05) is 5.16 Å². The normalized spacial score (nSPS) is 17.2. The van der Waals surface area contributed by atoms with Crippen molar-refractivity contribution < 1.29 is 52.0 Å². The number of esters is 2. The van der Waals surface area contributed by atoms with E-state index in [2.05, 4.69) is 25.5 Å². The molecule has 44 heavy (non-hydrogen) atoms. The first-order valence-electron chi connectivity index (χ1n) is 12.0. The third kappa shape index (κ3) is 7.89. The van der Waals surface area contributed by atoms with E-state index in [4.69, 9.17) is 21.2 Å². The number of β-lactam (4-membered cyclic amide) rings is 1. The number of carbonyl (C=O) groups excluding carboxylic acids is 5. The van der Waals surface area contributed by atoms with Gasteiger partial charge in [-0.15, -0.1) is 22.9 Å². The number of oxime groups is 1. The van der Waals surface area contributed by atoms with E-state index in [1.165, 1.54) is 43.5 Å². The van der Waals surface area contributed by atoms with Gasteiger partial charge in [-0.25, -0.2) is 23.1 Å². The van der Waals surface area contributed by atoms with Crippen molar-refractivity contribution in [1.29, 1.82) is 0 Å². The standard InChI is InChI=1S/C23H23ClN6O12S2/c1-23(2,21(35)41-9-11-4-6-12(7-5-11)30(36)37)42-28-15(13-10-43-22(25-13)26-14(31)8-24)18(32)27-16-17(20(34)40-3)29(19(16)33)44(38)39/h4-7,10,16-17H,8-9H2,1-3H3,(H,27,32)(H,38,39)(H,25,26,31). The lowest BCUT2D eigenvalue weighted by atomic mass is 9.98. The molecule has 2 heterocycles. The van der Waals surface area contributed by atoms with Crippen LogP contribution < -0.4 is 10.6 Å². The Kier molecular flexibility index (Phi) is 11.0. The van der Waals surface area contributed by atoms with Gasteiger partial charge in [-0.05, 0) is 31.5 Å². The molecule has 236 valence electrons. The minimum atomic E-state index is -2.90. The van der Waals surface area contributed by atoms with E-state index >= 15 is 0 Å². The van der Waals surface area contributed by atoms with Crippen LogP contribution >= 0.6 is 22.9 Å². The number of carbonyl (C=O) groups is 5. The summed E-state index contributed by atoms with van der Waals surface area (Å²) in [5.41, 5.74) is -2.38. The molecule has 21 heteroatoms. The number of benzene rings is 1. The van der Waals surface area contributed by atoms with Crippen molar-refractivity contribution in [1.82, 2.24) is 14.6 Å². The Labute approximate surface area is 259 Å². The van der Waals surface area contributed by atoms with Gasteiger partial charge in [0, 0.05) is 17.5 Å². The number of ether oxygens (including phenoxy) is 2. The van der Waals surface area contributed by atoms with E-state index in [0.717, 1.165) is 18.4 Å². The summed E-state index contributed by atoms with van der Waals surface area (Å²) in [7, 11) is 0.970.